The summed E-state index contributed by atoms with van der Waals surface area (Å²) in [4.78, 5) is 0. The third-order valence-electron chi connectivity index (χ3n) is 2.59. The van der Waals surface area contributed by atoms with E-state index in [1.807, 2.05) is 25.1 Å². The van der Waals surface area contributed by atoms with Gasteiger partial charge in [-0.1, -0.05) is 19.1 Å². The van der Waals surface area contributed by atoms with Crippen molar-refractivity contribution in [2.45, 2.75) is 13.3 Å². The van der Waals surface area contributed by atoms with Crippen molar-refractivity contribution in [3.05, 3.63) is 53.8 Å². The van der Waals surface area contributed by atoms with Gasteiger partial charge >= 0.3 is 0 Å². The number of para-hydroxylation sites is 2. The fourth-order valence-electron chi connectivity index (χ4n) is 1.66. The molecule has 20 heavy (non-hydrogen) atoms. The molecule has 0 N–H and O–H groups in total. The fraction of sp³-hybridized carbons (Fsp3) is 0.188. The summed E-state index contributed by atoms with van der Waals surface area (Å²) in [7, 11) is 0. The van der Waals surface area contributed by atoms with E-state index in [9.17, 15) is 4.39 Å². The predicted molar refractivity (Wildman–Crippen MR) is 73.4 cm³/mol. The number of hydrogen-bond donors (Lipinski definition) is 0. The molecule has 0 aliphatic carbocycles. The molecular weight excluding hydrogens is 257 g/mol. The highest BCUT2D eigenvalue weighted by Crippen LogP contribution is 2.33. The van der Waals surface area contributed by atoms with Crippen molar-refractivity contribution in [2.75, 3.05) is 6.61 Å². The highest BCUT2D eigenvalue weighted by atomic mass is 19.1. The number of nitrogens with zero attached hydrogens (tertiary/aromatic N) is 1. The zero-order valence-corrected chi connectivity index (χ0v) is 11.1. The van der Waals surface area contributed by atoms with Gasteiger partial charge in [0.2, 0.25) is 0 Å². The van der Waals surface area contributed by atoms with Crippen LogP contribution in [0.4, 0.5) is 4.39 Å². The van der Waals surface area contributed by atoms with Crippen molar-refractivity contribution in [3.8, 4) is 23.3 Å². The first-order valence-electron chi connectivity index (χ1n) is 6.34. The van der Waals surface area contributed by atoms with Crippen molar-refractivity contribution in [1.29, 1.82) is 5.26 Å². The second-order valence-electron chi connectivity index (χ2n) is 4.15. The number of benzene rings is 2. The molecule has 3 nitrogen and oxygen atoms in total. The summed E-state index contributed by atoms with van der Waals surface area (Å²) in [6.07, 6.45) is 0.883. The molecule has 0 saturated carbocycles. The first-order chi connectivity index (χ1) is 9.74. The van der Waals surface area contributed by atoms with Gasteiger partial charge in [-0.3, -0.25) is 0 Å². The Balaban J connectivity index is 2.28. The quantitative estimate of drug-likeness (QED) is 0.815. The maximum absolute atomic E-state index is 13.1. The molecule has 0 amide bonds. The zero-order chi connectivity index (χ0) is 14.4. The Morgan fingerprint density at radius 1 is 1.10 bits per heavy atom. The van der Waals surface area contributed by atoms with Crippen molar-refractivity contribution in [3.63, 3.8) is 0 Å². The lowest BCUT2D eigenvalue weighted by Gasteiger charge is -2.12. The van der Waals surface area contributed by atoms with Gasteiger partial charge < -0.3 is 9.47 Å². The number of rotatable bonds is 5. The Hall–Kier alpha value is -2.54. The van der Waals surface area contributed by atoms with Crippen molar-refractivity contribution in [2.24, 2.45) is 0 Å². The Labute approximate surface area is 117 Å². The number of nitriles is 1. The van der Waals surface area contributed by atoms with E-state index in [-0.39, 0.29) is 5.56 Å². The molecule has 0 fully saturated rings. The topological polar surface area (TPSA) is 42.2 Å². The van der Waals surface area contributed by atoms with Crippen LogP contribution >= 0.6 is 0 Å². The molecule has 0 spiro atoms. The van der Waals surface area contributed by atoms with Gasteiger partial charge in [0, 0.05) is 0 Å². The highest BCUT2D eigenvalue weighted by molar-refractivity contribution is 5.48. The maximum Gasteiger partial charge on any atom is 0.169 e. The molecule has 2 aromatic carbocycles. The molecule has 0 atom stereocenters. The summed E-state index contributed by atoms with van der Waals surface area (Å²) < 4.78 is 24.3. The lowest BCUT2D eigenvalue weighted by Crippen LogP contribution is -1.98. The Kier molecular flexibility index (Phi) is 4.56. The maximum atomic E-state index is 13.1. The van der Waals surface area contributed by atoms with Gasteiger partial charge in [-0.25, -0.2) is 4.39 Å². The normalized spacial score (nSPS) is 9.85. The van der Waals surface area contributed by atoms with Crippen LogP contribution in [0.25, 0.3) is 0 Å². The molecule has 0 aliphatic heterocycles. The van der Waals surface area contributed by atoms with E-state index in [1.165, 1.54) is 12.1 Å². The molecule has 2 aromatic rings. The van der Waals surface area contributed by atoms with Crippen LogP contribution < -0.4 is 9.47 Å². The minimum atomic E-state index is -0.468. The van der Waals surface area contributed by atoms with E-state index in [2.05, 4.69) is 0 Å². The third-order valence-corrected chi connectivity index (χ3v) is 2.59. The number of hydrogen-bond acceptors (Lipinski definition) is 3. The Morgan fingerprint density at radius 2 is 1.85 bits per heavy atom. The van der Waals surface area contributed by atoms with Crippen LogP contribution in [0.15, 0.2) is 42.5 Å². The van der Waals surface area contributed by atoms with E-state index in [1.54, 1.807) is 12.1 Å². The Bertz CT molecular complexity index is 635. The molecule has 0 radical (unpaired) electrons. The van der Waals surface area contributed by atoms with E-state index < -0.39 is 5.82 Å². The van der Waals surface area contributed by atoms with Gasteiger partial charge in [0.25, 0.3) is 0 Å². The molecule has 0 aromatic heterocycles. The molecule has 4 heteroatoms. The van der Waals surface area contributed by atoms with Crippen LogP contribution in [-0.2, 0) is 0 Å². The predicted octanol–water partition coefficient (Wildman–Crippen LogP) is 4.28. The zero-order valence-electron chi connectivity index (χ0n) is 11.1. The SMILES string of the molecule is CCCOc1ccccc1Oc1ccc(F)cc1C#N. The summed E-state index contributed by atoms with van der Waals surface area (Å²) in [6.45, 7) is 2.59. The molecular formula is C16H14FNO2. The first-order valence-corrected chi connectivity index (χ1v) is 6.34. The van der Waals surface area contributed by atoms with Crippen LogP contribution in [0.1, 0.15) is 18.9 Å². The second kappa shape index (κ2) is 6.58. The van der Waals surface area contributed by atoms with Crippen molar-refractivity contribution < 1.29 is 13.9 Å². The minimum absolute atomic E-state index is 0.148. The van der Waals surface area contributed by atoms with Crippen LogP contribution in [0.3, 0.4) is 0 Å². The standard InChI is InChI=1S/C16H14FNO2/c1-2-9-19-15-5-3-4-6-16(15)20-14-8-7-13(17)10-12(14)11-18/h3-8,10H,2,9H2,1H3. The number of ether oxygens (including phenoxy) is 2. The lowest BCUT2D eigenvalue weighted by atomic mass is 10.2. The summed E-state index contributed by atoms with van der Waals surface area (Å²) in [5.74, 6) is 0.942. The third kappa shape index (κ3) is 3.27. The van der Waals surface area contributed by atoms with Gasteiger partial charge in [-0.2, -0.15) is 5.26 Å². The van der Waals surface area contributed by atoms with E-state index in [4.69, 9.17) is 14.7 Å². The van der Waals surface area contributed by atoms with Crippen molar-refractivity contribution >= 4 is 0 Å². The highest BCUT2D eigenvalue weighted by Gasteiger charge is 2.09. The summed E-state index contributed by atoms with van der Waals surface area (Å²) in [5.41, 5.74) is 0.148. The van der Waals surface area contributed by atoms with Gasteiger partial charge in [0.15, 0.2) is 11.5 Å². The fourth-order valence-corrected chi connectivity index (χ4v) is 1.66. The van der Waals surface area contributed by atoms with E-state index in [0.717, 1.165) is 12.5 Å². The molecule has 0 saturated heterocycles. The van der Waals surface area contributed by atoms with Crippen LogP contribution in [0.5, 0.6) is 17.2 Å². The largest absolute Gasteiger partial charge is 0.490 e. The van der Waals surface area contributed by atoms with Crippen LogP contribution in [0, 0.1) is 17.1 Å². The van der Waals surface area contributed by atoms with E-state index in [0.29, 0.717) is 23.9 Å². The molecule has 102 valence electrons. The number of halogens is 1. The van der Waals surface area contributed by atoms with Crippen LogP contribution in [-0.4, -0.2) is 6.61 Å². The molecule has 0 aliphatic rings. The molecule has 0 unspecified atom stereocenters. The van der Waals surface area contributed by atoms with Gasteiger partial charge in [-0.15, -0.1) is 0 Å². The first kappa shape index (κ1) is 13.9. The minimum Gasteiger partial charge on any atom is -0.490 e. The summed E-state index contributed by atoms with van der Waals surface area (Å²) >= 11 is 0. The van der Waals surface area contributed by atoms with Crippen molar-refractivity contribution in [1.82, 2.24) is 0 Å². The summed E-state index contributed by atoms with van der Waals surface area (Å²) in [5, 5.41) is 9.00. The van der Waals surface area contributed by atoms with Gasteiger partial charge in [0.1, 0.15) is 17.6 Å². The Morgan fingerprint density at radius 3 is 2.55 bits per heavy atom. The molecule has 0 heterocycles. The van der Waals surface area contributed by atoms with E-state index >= 15 is 0 Å². The average Bonchev–Trinajstić information content (AvgIpc) is 2.48. The second-order valence-corrected chi connectivity index (χ2v) is 4.15. The average molecular weight is 271 g/mol. The monoisotopic (exact) mass is 271 g/mol. The molecule has 0 bridgehead atoms. The van der Waals surface area contributed by atoms with Gasteiger partial charge in [0.05, 0.1) is 12.2 Å². The lowest BCUT2D eigenvalue weighted by molar-refractivity contribution is 0.302. The summed E-state index contributed by atoms with van der Waals surface area (Å²) in [6, 6.07) is 12.9. The molecule has 2 rings (SSSR count). The van der Waals surface area contributed by atoms with Gasteiger partial charge in [-0.05, 0) is 36.8 Å². The smallest absolute Gasteiger partial charge is 0.169 e. The van der Waals surface area contributed by atoms with Crippen LogP contribution in [0.2, 0.25) is 0 Å².